The Balaban J connectivity index is 2.06. The highest BCUT2D eigenvalue weighted by Gasteiger charge is 2.11. The second-order valence-electron chi connectivity index (χ2n) is 3.89. The third kappa shape index (κ3) is 2.09. The molecule has 18 heavy (non-hydrogen) atoms. The van der Waals surface area contributed by atoms with Crippen LogP contribution < -0.4 is 0 Å². The van der Waals surface area contributed by atoms with Crippen molar-refractivity contribution in [2.24, 2.45) is 0 Å². The summed E-state index contributed by atoms with van der Waals surface area (Å²) < 4.78 is 0.958. The van der Waals surface area contributed by atoms with E-state index in [9.17, 15) is 4.79 Å². The number of nitrogens with zero attached hydrogens (tertiary/aromatic N) is 1. The van der Waals surface area contributed by atoms with Gasteiger partial charge in [0.25, 0.3) is 0 Å². The maximum absolute atomic E-state index is 12.2. The van der Waals surface area contributed by atoms with E-state index in [0.29, 0.717) is 11.1 Å². The number of rotatable bonds is 2. The number of carbonyl (C=O) groups is 1. The van der Waals surface area contributed by atoms with Gasteiger partial charge in [-0.05, 0) is 34.1 Å². The van der Waals surface area contributed by atoms with Crippen LogP contribution in [0.3, 0.4) is 0 Å². The summed E-state index contributed by atoms with van der Waals surface area (Å²) >= 11 is 4.87. The van der Waals surface area contributed by atoms with Gasteiger partial charge in [-0.25, -0.2) is 0 Å². The number of aromatic nitrogens is 1. The third-order valence-electron chi connectivity index (χ3n) is 2.68. The molecule has 2 nitrogen and oxygen atoms in total. The van der Waals surface area contributed by atoms with Gasteiger partial charge < -0.3 is 0 Å². The molecule has 88 valence electrons. The lowest BCUT2D eigenvalue weighted by atomic mass is 10.1. The number of fused-ring (bicyclic) bond motifs is 1. The molecule has 0 saturated heterocycles. The quantitative estimate of drug-likeness (QED) is 0.660. The maximum Gasteiger partial charge on any atom is 0.195 e. The van der Waals surface area contributed by atoms with Crippen molar-refractivity contribution in [2.45, 2.75) is 0 Å². The topological polar surface area (TPSA) is 30.0 Å². The first kappa shape index (κ1) is 11.6. The number of thiophene rings is 1. The van der Waals surface area contributed by atoms with E-state index in [1.54, 1.807) is 6.20 Å². The van der Waals surface area contributed by atoms with Crippen LogP contribution in [0.5, 0.6) is 0 Å². The number of para-hydroxylation sites is 1. The largest absolute Gasteiger partial charge is 0.289 e. The fraction of sp³-hybridized carbons (Fsp3) is 0. The number of benzene rings is 1. The molecule has 3 rings (SSSR count). The van der Waals surface area contributed by atoms with E-state index < -0.39 is 0 Å². The molecule has 0 fully saturated rings. The van der Waals surface area contributed by atoms with Gasteiger partial charge in [-0.3, -0.25) is 9.78 Å². The highest BCUT2D eigenvalue weighted by molar-refractivity contribution is 9.11. The van der Waals surface area contributed by atoms with E-state index in [0.717, 1.165) is 14.7 Å². The molecule has 0 amide bonds. The summed E-state index contributed by atoms with van der Waals surface area (Å²) in [5.74, 6) is 0.00945. The first-order valence-corrected chi connectivity index (χ1v) is 7.05. The molecule has 0 spiro atoms. The van der Waals surface area contributed by atoms with E-state index >= 15 is 0 Å². The maximum atomic E-state index is 12.2. The van der Waals surface area contributed by atoms with E-state index in [4.69, 9.17) is 0 Å². The minimum absolute atomic E-state index is 0.00945. The Morgan fingerprint density at radius 2 is 2.00 bits per heavy atom. The first-order chi connectivity index (χ1) is 8.74. The Morgan fingerprint density at radius 3 is 2.78 bits per heavy atom. The average molecular weight is 318 g/mol. The highest BCUT2D eigenvalue weighted by atomic mass is 79.9. The Bertz CT molecular complexity index is 735. The van der Waals surface area contributed by atoms with Crippen LogP contribution in [-0.2, 0) is 0 Å². The molecule has 1 aromatic carbocycles. The van der Waals surface area contributed by atoms with Gasteiger partial charge in [-0.1, -0.05) is 18.2 Å². The molecule has 0 atom stereocenters. The number of carbonyl (C=O) groups excluding carboxylic acids is 1. The Morgan fingerprint density at radius 1 is 1.17 bits per heavy atom. The summed E-state index contributed by atoms with van der Waals surface area (Å²) in [6.45, 7) is 0. The van der Waals surface area contributed by atoms with Gasteiger partial charge in [0.05, 0.1) is 9.30 Å². The van der Waals surface area contributed by atoms with E-state index in [2.05, 4.69) is 20.9 Å². The molecular formula is C14H8BrNOS. The van der Waals surface area contributed by atoms with Crippen LogP contribution in [-0.4, -0.2) is 10.8 Å². The number of halogens is 1. The zero-order valence-electron chi connectivity index (χ0n) is 9.26. The van der Waals surface area contributed by atoms with Crippen molar-refractivity contribution in [3.05, 3.63) is 62.9 Å². The minimum Gasteiger partial charge on any atom is -0.289 e. The van der Waals surface area contributed by atoms with Gasteiger partial charge in [0.1, 0.15) is 0 Å². The van der Waals surface area contributed by atoms with Crippen molar-refractivity contribution in [2.75, 3.05) is 0 Å². The number of hydrogen-bond donors (Lipinski definition) is 0. The molecule has 3 aromatic rings. The van der Waals surface area contributed by atoms with Crippen LogP contribution in [0.1, 0.15) is 15.9 Å². The van der Waals surface area contributed by atoms with Gasteiger partial charge >= 0.3 is 0 Å². The van der Waals surface area contributed by atoms with Gasteiger partial charge in [-0.15, -0.1) is 11.3 Å². The standard InChI is InChI=1S/C14H8BrNOS/c15-13-6-11(8-18-13)14(17)10-5-9-3-1-2-4-12(9)16-7-10/h1-8H. The van der Waals surface area contributed by atoms with Crippen LogP contribution in [0, 0.1) is 0 Å². The Labute approximate surface area is 116 Å². The van der Waals surface area contributed by atoms with E-state index in [-0.39, 0.29) is 5.78 Å². The van der Waals surface area contributed by atoms with Gasteiger partial charge in [0, 0.05) is 28.1 Å². The second kappa shape index (κ2) is 4.63. The lowest BCUT2D eigenvalue weighted by Gasteiger charge is -2.00. The SMILES string of the molecule is O=C(c1csc(Br)c1)c1cnc2ccccc2c1. The summed E-state index contributed by atoms with van der Waals surface area (Å²) in [6, 6.07) is 11.5. The molecule has 2 aromatic heterocycles. The molecule has 0 saturated carbocycles. The van der Waals surface area contributed by atoms with Crippen molar-refractivity contribution in [1.82, 2.24) is 4.98 Å². The summed E-state index contributed by atoms with van der Waals surface area (Å²) in [4.78, 5) is 16.6. The molecule has 0 aliphatic carbocycles. The molecular weight excluding hydrogens is 310 g/mol. The molecule has 0 radical (unpaired) electrons. The van der Waals surface area contributed by atoms with Crippen molar-refractivity contribution in [3.63, 3.8) is 0 Å². The van der Waals surface area contributed by atoms with Gasteiger partial charge in [-0.2, -0.15) is 0 Å². The van der Waals surface area contributed by atoms with Gasteiger partial charge in [0.15, 0.2) is 5.78 Å². The lowest BCUT2D eigenvalue weighted by Crippen LogP contribution is -2.00. The third-order valence-corrected chi connectivity index (χ3v) is 4.19. The summed E-state index contributed by atoms with van der Waals surface area (Å²) in [5.41, 5.74) is 2.23. The second-order valence-corrected chi connectivity index (χ2v) is 6.18. The predicted molar refractivity (Wildman–Crippen MR) is 77.2 cm³/mol. The van der Waals surface area contributed by atoms with E-state index in [1.165, 1.54) is 11.3 Å². The monoisotopic (exact) mass is 317 g/mol. The normalized spacial score (nSPS) is 10.7. The number of ketones is 1. The van der Waals surface area contributed by atoms with Crippen molar-refractivity contribution < 1.29 is 4.79 Å². The number of hydrogen-bond acceptors (Lipinski definition) is 3. The number of pyridine rings is 1. The Hall–Kier alpha value is -1.52. The van der Waals surface area contributed by atoms with Crippen LogP contribution in [0.25, 0.3) is 10.9 Å². The average Bonchev–Trinajstić information content (AvgIpc) is 2.84. The molecule has 0 unspecified atom stereocenters. The summed E-state index contributed by atoms with van der Waals surface area (Å²) in [5, 5.41) is 2.83. The van der Waals surface area contributed by atoms with Crippen molar-refractivity contribution in [3.8, 4) is 0 Å². The predicted octanol–water partition coefficient (Wildman–Crippen LogP) is 4.29. The Kier molecular flexibility index (Phi) is 2.97. The fourth-order valence-electron chi connectivity index (χ4n) is 1.79. The molecule has 0 N–H and O–H groups in total. The van der Waals surface area contributed by atoms with Crippen LogP contribution in [0.4, 0.5) is 0 Å². The zero-order valence-corrected chi connectivity index (χ0v) is 11.7. The lowest BCUT2D eigenvalue weighted by molar-refractivity contribution is 0.103. The van der Waals surface area contributed by atoms with E-state index in [1.807, 2.05) is 41.8 Å². The van der Waals surface area contributed by atoms with Crippen LogP contribution in [0.15, 0.2) is 51.8 Å². The molecule has 0 aliphatic rings. The highest BCUT2D eigenvalue weighted by Crippen LogP contribution is 2.23. The first-order valence-electron chi connectivity index (χ1n) is 5.37. The molecule has 0 aliphatic heterocycles. The molecule has 2 heterocycles. The van der Waals surface area contributed by atoms with Crippen LogP contribution in [0.2, 0.25) is 0 Å². The fourth-order valence-corrected chi connectivity index (χ4v) is 2.93. The molecule has 0 bridgehead atoms. The van der Waals surface area contributed by atoms with Gasteiger partial charge in [0.2, 0.25) is 0 Å². The summed E-state index contributed by atoms with van der Waals surface area (Å²) in [7, 11) is 0. The molecule has 4 heteroatoms. The minimum atomic E-state index is 0.00945. The summed E-state index contributed by atoms with van der Waals surface area (Å²) in [6.07, 6.45) is 1.64. The van der Waals surface area contributed by atoms with Crippen LogP contribution >= 0.6 is 27.3 Å². The van der Waals surface area contributed by atoms with Crippen molar-refractivity contribution in [1.29, 1.82) is 0 Å². The smallest absolute Gasteiger partial charge is 0.195 e. The van der Waals surface area contributed by atoms with Crippen molar-refractivity contribution >= 4 is 44.0 Å². The zero-order chi connectivity index (χ0) is 12.5.